The molecule has 0 spiro atoms. The lowest BCUT2D eigenvalue weighted by molar-refractivity contribution is 0.0314. The molecule has 100 valence electrons. The van der Waals surface area contributed by atoms with Gasteiger partial charge in [-0.3, -0.25) is 4.79 Å². The van der Waals surface area contributed by atoms with E-state index >= 15 is 0 Å². The van der Waals surface area contributed by atoms with Gasteiger partial charge < -0.3 is 15.7 Å². The van der Waals surface area contributed by atoms with Crippen molar-refractivity contribution in [3.63, 3.8) is 0 Å². The summed E-state index contributed by atoms with van der Waals surface area (Å²) in [6.45, 7) is 4.10. The van der Waals surface area contributed by atoms with Crippen LogP contribution in [0.5, 0.6) is 0 Å². The van der Waals surface area contributed by atoms with Gasteiger partial charge in [-0.05, 0) is 25.0 Å². The minimum absolute atomic E-state index is 0.166. The van der Waals surface area contributed by atoms with Gasteiger partial charge in [0.2, 0.25) is 0 Å². The molecular formula is C14H22N2O2. The maximum Gasteiger partial charge on any atom is 0.253 e. The monoisotopic (exact) mass is 250 g/mol. The minimum Gasteiger partial charge on any atom is -0.388 e. The van der Waals surface area contributed by atoms with Gasteiger partial charge in [0, 0.05) is 19.3 Å². The normalized spacial score (nSPS) is 11.1. The van der Waals surface area contributed by atoms with Gasteiger partial charge in [-0.25, -0.2) is 0 Å². The van der Waals surface area contributed by atoms with Crippen LogP contribution in [0.4, 0.5) is 5.69 Å². The van der Waals surface area contributed by atoms with Crippen molar-refractivity contribution in [3.8, 4) is 0 Å². The average Bonchev–Trinajstić information content (AvgIpc) is 2.44. The SMILES string of the molecule is CCC(O)(CC)CNC(=O)c1ccccc1NC. The largest absolute Gasteiger partial charge is 0.388 e. The Morgan fingerprint density at radius 2 is 1.89 bits per heavy atom. The highest BCUT2D eigenvalue weighted by atomic mass is 16.3. The Balaban J connectivity index is 2.71. The van der Waals surface area contributed by atoms with E-state index in [1.165, 1.54) is 0 Å². The molecule has 18 heavy (non-hydrogen) atoms. The van der Waals surface area contributed by atoms with Crippen molar-refractivity contribution < 1.29 is 9.90 Å². The van der Waals surface area contributed by atoms with Crippen molar-refractivity contribution in [2.24, 2.45) is 0 Å². The summed E-state index contributed by atoms with van der Waals surface area (Å²) in [7, 11) is 1.78. The van der Waals surface area contributed by atoms with E-state index in [2.05, 4.69) is 10.6 Å². The molecule has 0 radical (unpaired) electrons. The summed E-state index contributed by atoms with van der Waals surface area (Å²) in [4.78, 5) is 12.0. The Bertz CT molecular complexity index is 401. The molecule has 0 atom stereocenters. The molecule has 0 bridgehead atoms. The third-order valence-electron chi connectivity index (χ3n) is 3.34. The van der Waals surface area contributed by atoms with E-state index in [1.54, 1.807) is 13.1 Å². The number of amides is 1. The van der Waals surface area contributed by atoms with Gasteiger partial charge in [0.15, 0.2) is 0 Å². The first kappa shape index (κ1) is 14.5. The second-order valence-corrected chi connectivity index (χ2v) is 4.41. The lowest BCUT2D eigenvalue weighted by atomic mass is 9.97. The number of hydrogen-bond acceptors (Lipinski definition) is 3. The predicted molar refractivity (Wildman–Crippen MR) is 73.9 cm³/mol. The number of para-hydroxylation sites is 1. The second-order valence-electron chi connectivity index (χ2n) is 4.41. The van der Waals surface area contributed by atoms with Crippen molar-refractivity contribution in [3.05, 3.63) is 29.8 Å². The molecule has 1 aromatic carbocycles. The molecule has 0 heterocycles. The number of anilines is 1. The molecule has 0 fully saturated rings. The van der Waals surface area contributed by atoms with Crippen LogP contribution >= 0.6 is 0 Å². The molecular weight excluding hydrogens is 228 g/mol. The molecule has 0 saturated heterocycles. The molecule has 4 heteroatoms. The summed E-state index contributed by atoms with van der Waals surface area (Å²) in [5.74, 6) is -0.166. The Labute approximate surface area is 108 Å². The minimum atomic E-state index is -0.815. The molecule has 4 nitrogen and oxygen atoms in total. The van der Waals surface area contributed by atoms with Crippen LogP contribution < -0.4 is 10.6 Å². The van der Waals surface area contributed by atoms with Gasteiger partial charge >= 0.3 is 0 Å². The molecule has 0 aliphatic heterocycles. The van der Waals surface area contributed by atoms with E-state index in [0.717, 1.165) is 5.69 Å². The fourth-order valence-electron chi connectivity index (χ4n) is 1.74. The Hall–Kier alpha value is -1.55. The third kappa shape index (κ3) is 3.47. The Morgan fingerprint density at radius 1 is 1.28 bits per heavy atom. The maximum absolute atomic E-state index is 12.0. The van der Waals surface area contributed by atoms with Gasteiger partial charge in [-0.15, -0.1) is 0 Å². The van der Waals surface area contributed by atoms with Gasteiger partial charge in [0.25, 0.3) is 5.91 Å². The molecule has 3 N–H and O–H groups in total. The highest BCUT2D eigenvalue weighted by Gasteiger charge is 2.23. The zero-order valence-corrected chi connectivity index (χ0v) is 11.3. The summed E-state index contributed by atoms with van der Waals surface area (Å²) in [5, 5.41) is 15.9. The van der Waals surface area contributed by atoms with Gasteiger partial charge in [-0.2, -0.15) is 0 Å². The van der Waals surface area contributed by atoms with Crippen LogP contribution in [0.15, 0.2) is 24.3 Å². The first-order valence-electron chi connectivity index (χ1n) is 6.33. The van der Waals surface area contributed by atoms with Crippen LogP contribution in [0, 0.1) is 0 Å². The number of aliphatic hydroxyl groups is 1. The maximum atomic E-state index is 12.0. The van der Waals surface area contributed by atoms with Crippen molar-refractivity contribution in [1.82, 2.24) is 5.32 Å². The van der Waals surface area contributed by atoms with E-state index in [0.29, 0.717) is 18.4 Å². The summed E-state index contributed by atoms with van der Waals surface area (Å²) in [5.41, 5.74) is 0.561. The van der Waals surface area contributed by atoms with Crippen LogP contribution in [0.2, 0.25) is 0 Å². The second kappa shape index (κ2) is 6.40. The van der Waals surface area contributed by atoms with Crippen LogP contribution in [-0.2, 0) is 0 Å². The van der Waals surface area contributed by atoms with Gasteiger partial charge in [-0.1, -0.05) is 26.0 Å². The first-order chi connectivity index (χ1) is 8.56. The Morgan fingerprint density at radius 3 is 2.44 bits per heavy atom. The highest BCUT2D eigenvalue weighted by Crippen LogP contribution is 2.16. The lowest BCUT2D eigenvalue weighted by Crippen LogP contribution is -2.42. The number of benzene rings is 1. The van der Waals surface area contributed by atoms with Crippen molar-refractivity contribution in [2.75, 3.05) is 18.9 Å². The van der Waals surface area contributed by atoms with E-state index in [1.807, 2.05) is 32.0 Å². The fourth-order valence-corrected chi connectivity index (χ4v) is 1.74. The molecule has 0 saturated carbocycles. The topological polar surface area (TPSA) is 61.4 Å². The van der Waals surface area contributed by atoms with Crippen molar-refractivity contribution in [2.45, 2.75) is 32.3 Å². The quantitative estimate of drug-likeness (QED) is 0.723. The summed E-state index contributed by atoms with van der Waals surface area (Å²) >= 11 is 0. The predicted octanol–water partition coefficient (Wildman–Crippen LogP) is 2.01. The van der Waals surface area contributed by atoms with Crippen LogP contribution in [-0.4, -0.2) is 30.2 Å². The highest BCUT2D eigenvalue weighted by molar-refractivity contribution is 5.99. The van der Waals surface area contributed by atoms with Gasteiger partial charge in [0.1, 0.15) is 0 Å². The van der Waals surface area contributed by atoms with E-state index in [4.69, 9.17) is 0 Å². The number of hydrogen-bond donors (Lipinski definition) is 3. The molecule has 0 aliphatic rings. The number of carbonyl (C=O) groups excluding carboxylic acids is 1. The number of rotatable bonds is 6. The number of carbonyl (C=O) groups is 1. The first-order valence-corrected chi connectivity index (χ1v) is 6.33. The van der Waals surface area contributed by atoms with Crippen LogP contribution in [0.3, 0.4) is 0 Å². The molecule has 0 aliphatic carbocycles. The molecule has 0 aromatic heterocycles. The summed E-state index contributed by atoms with van der Waals surface area (Å²) < 4.78 is 0. The van der Waals surface area contributed by atoms with E-state index in [-0.39, 0.29) is 12.5 Å². The Kier molecular flexibility index (Phi) is 5.16. The number of nitrogens with one attached hydrogen (secondary N) is 2. The standard InChI is InChI=1S/C14H22N2O2/c1-4-14(18,5-2)10-16-13(17)11-8-6-7-9-12(11)15-3/h6-9,15,18H,4-5,10H2,1-3H3,(H,16,17). The molecule has 1 aromatic rings. The lowest BCUT2D eigenvalue weighted by Gasteiger charge is -2.25. The van der Waals surface area contributed by atoms with Crippen LogP contribution in [0.25, 0.3) is 0 Å². The van der Waals surface area contributed by atoms with Crippen molar-refractivity contribution >= 4 is 11.6 Å². The average molecular weight is 250 g/mol. The summed E-state index contributed by atoms with van der Waals surface area (Å²) in [6, 6.07) is 7.30. The van der Waals surface area contributed by atoms with Gasteiger partial charge in [0.05, 0.1) is 11.2 Å². The molecule has 1 amide bonds. The van der Waals surface area contributed by atoms with E-state index < -0.39 is 5.60 Å². The third-order valence-corrected chi connectivity index (χ3v) is 3.34. The summed E-state index contributed by atoms with van der Waals surface area (Å²) in [6.07, 6.45) is 1.24. The smallest absolute Gasteiger partial charge is 0.253 e. The molecule has 0 unspecified atom stereocenters. The van der Waals surface area contributed by atoms with E-state index in [9.17, 15) is 9.90 Å². The van der Waals surface area contributed by atoms with Crippen molar-refractivity contribution in [1.29, 1.82) is 0 Å². The fraction of sp³-hybridized carbons (Fsp3) is 0.500. The zero-order chi connectivity index (χ0) is 13.6. The molecule has 1 rings (SSSR count). The zero-order valence-electron chi connectivity index (χ0n) is 11.3. The van der Waals surface area contributed by atoms with Crippen LogP contribution in [0.1, 0.15) is 37.0 Å².